The van der Waals surface area contributed by atoms with Crippen LogP contribution in [0.15, 0.2) is 18.2 Å². The van der Waals surface area contributed by atoms with Gasteiger partial charge in [-0.05, 0) is 36.5 Å². The van der Waals surface area contributed by atoms with E-state index in [1.54, 1.807) is 0 Å². The monoisotopic (exact) mass is 220 g/mol. The first-order valence-electron chi connectivity index (χ1n) is 5.77. The number of carboxylic acids is 1. The van der Waals surface area contributed by atoms with Gasteiger partial charge in [-0.25, -0.2) is 0 Å². The van der Waals surface area contributed by atoms with E-state index in [0.29, 0.717) is 0 Å². The van der Waals surface area contributed by atoms with Gasteiger partial charge in [0.25, 0.3) is 0 Å². The van der Waals surface area contributed by atoms with Crippen molar-refractivity contribution in [3.63, 3.8) is 0 Å². The Labute approximate surface area is 97.3 Å². The molecule has 2 nitrogen and oxygen atoms in total. The van der Waals surface area contributed by atoms with Crippen molar-refractivity contribution in [2.24, 2.45) is 5.92 Å². The van der Waals surface area contributed by atoms with Gasteiger partial charge in [0.05, 0.1) is 5.92 Å². The zero-order chi connectivity index (χ0) is 12.3. The molecule has 1 aromatic carbocycles. The molecule has 0 aliphatic carbocycles. The van der Waals surface area contributed by atoms with Crippen LogP contribution in [0.3, 0.4) is 0 Å². The Morgan fingerprint density at radius 1 is 1.31 bits per heavy atom. The fraction of sp³-hybridized carbons (Fsp3) is 0.500. The first-order valence-corrected chi connectivity index (χ1v) is 5.77. The highest BCUT2D eigenvalue weighted by molar-refractivity contribution is 5.76. The largest absolute Gasteiger partial charge is 0.481 e. The molecule has 2 unspecified atom stereocenters. The van der Waals surface area contributed by atoms with Gasteiger partial charge >= 0.3 is 5.97 Å². The van der Waals surface area contributed by atoms with Gasteiger partial charge in [0.1, 0.15) is 0 Å². The van der Waals surface area contributed by atoms with Crippen molar-refractivity contribution in [3.8, 4) is 0 Å². The Morgan fingerprint density at radius 2 is 1.94 bits per heavy atom. The van der Waals surface area contributed by atoms with Crippen LogP contribution in [-0.2, 0) is 4.79 Å². The quantitative estimate of drug-likeness (QED) is 0.843. The minimum atomic E-state index is -0.724. The van der Waals surface area contributed by atoms with Crippen molar-refractivity contribution in [1.29, 1.82) is 0 Å². The fourth-order valence-corrected chi connectivity index (χ4v) is 1.91. The minimum Gasteiger partial charge on any atom is -0.481 e. The lowest BCUT2D eigenvalue weighted by Gasteiger charge is -2.20. The van der Waals surface area contributed by atoms with Gasteiger partial charge in [0, 0.05) is 0 Å². The number of aryl methyl sites for hydroxylation is 2. The number of aliphatic carboxylic acids is 1. The van der Waals surface area contributed by atoms with E-state index in [1.807, 2.05) is 45.9 Å². The Hall–Kier alpha value is -1.31. The van der Waals surface area contributed by atoms with E-state index in [4.69, 9.17) is 0 Å². The predicted octanol–water partition coefficient (Wildman–Crippen LogP) is 3.52. The van der Waals surface area contributed by atoms with Crippen LogP contribution >= 0.6 is 0 Å². The molecule has 0 saturated heterocycles. The van der Waals surface area contributed by atoms with Gasteiger partial charge in [-0.2, -0.15) is 0 Å². The number of carboxylic acid groups (broad SMARTS) is 1. The lowest BCUT2D eigenvalue weighted by atomic mass is 9.84. The van der Waals surface area contributed by atoms with Crippen molar-refractivity contribution in [2.75, 3.05) is 0 Å². The fourth-order valence-electron chi connectivity index (χ4n) is 1.91. The maximum Gasteiger partial charge on any atom is 0.311 e. The van der Waals surface area contributed by atoms with Crippen LogP contribution in [0, 0.1) is 19.8 Å². The Balaban J connectivity index is 3.11. The maximum absolute atomic E-state index is 11.3. The van der Waals surface area contributed by atoms with Gasteiger partial charge in [-0.1, -0.05) is 38.5 Å². The molecule has 2 atom stereocenters. The van der Waals surface area contributed by atoms with Crippen LogP contribution in [0.25, 0.3) is 0 Å². The summed E-state index contributed by atoms with van der Waals surface area (Å²) in [5.74, 6) is -0.943. The van der Waals surface area contributed by atoms with Crippen molar-refractivity contribution in [2.45, 2.75) is 40.0 Å². The first-order chi connectivity index (χ1) is 7.47. The van der Waals surface area contributed by atoms with E-state index in [2.05, 4.69) is 0 Å². The molecule has 0 spiro atoms. The van der Waals surface area contributed by atoms with Gasteiger partial charge in [-0.3, -0.25) is 4.79 Å². The number of carbonyl (C=O) groups is 1. The molecule has 0 bridgehead atoms. The topological polar surface area (TPSA) is 37.3 Å². The van der Waals surface area contributed by atoms with Crippen molar-refractivity contribution < 1.29 is 9.90 Å². The summed E-state index contributed by atoms with van der Waals surface area (Å²) in [5, 5.41) is 9.29. The third-order valence-electron chi connectivity index (χ3n) is 3.37. The molecule has 0 radical (unpaired) electrons. The summed E-state index contributed by atoms with van der Waals surface area (Å²) in [7, 11) is 0. The summed E-state index contributed by atoms with van der Waals surface area (Å²) < 4.78 is 0. The van der Waals surface area contributed by atoms with Gasteiger partial charge in [-0.15, -0.1) is 0 Å². The van der Waals surface area contributed by atoms with Crippen molar-refractivity contribution >= 4 is 5.97 Å². The molecule has 0 aromatic heterocycles. The molecule has 88 valence electrons. The summed E-state index contributed by atoms with van der Waals surface area (Å²) in [4.78, 5) is 11.3. The second-order valence-corrected chi connectivity index (χ2v) is 4.55. The molecule has 1 rings (SSSR count). The molecule has 0 saturated carbocycles. The summed E-state index contributed by atoms with van der Waals surface area (Å²) in [6.07, 6.45) is 0.879. The number of rotatable bonds is 4. The molecule has 0 heterocycles. The zero-order valence-corrected chi connectivity index (χ0v) is 10.4. The van der Waals surface area contributed by atoms with E-state index >= 15 is 0 Å². The van der Waals surface area contributed by atoms with Gasteiger partial charge in [0.2, 0.25) is 0 Å². The Morgan fingerprint density at radius 3 is 2.38 bits per heavy atom. The highest BCUT2D eigenvalue weighted by atomic mass is 16.4. The smallest absolute Gasteiger partial charge is 0.311 e. The highest BCUT2D eigenvalue weighted by Crippen LogP contribution is 2.28. The molecule has 0 aliphatic heterocycles. The van der Waals surface area contributed by atoms with Crippen LogP contribution < -0.4 is 0 Å². The molecule has 16 heavy (non-hydrogen) atoms. The third kappa shape index (κ3) is 2.63. The molecular weight excluding hydrogens is 200 g/mol. The standard InChI is InChI=1S/C14H20O2/c1-5-9(2)13(14(15)16)12-7-6-10(3)11(4)8-12/h6-9,13H,5H2,1-4H3,(H,15,16). The highest BCUT2D eigenvalue weighted by Gasteiger charge is 2.25. The lowest BCUT2D eigenvalue weighted by molar-refractivity contribution is -0.140. The van der Waals surface area contributed by atoms with E-state index < -0.39 is 5.97 Å². The molecule has 0 aliphatic rings. The van der Waals surface area contributed by atoms with E-state index in [0.717, 1.165) is 17.5 Å². The maximum atomic E-state index is 11.3. The number of hydrogen-bond acceptors (Lipinski definition) is 1. The van der Waals surface area contributed by atoms with Crippen LogP contribution in [0.4, 0.5) is 0 Å². The average molecular weight is 220 g/mol. The molecule has 0 fully saturated rings. The first kappa shape index (κ1) is 12.8. The molecular formula is C14H20O2. The van der Waals surface area contributed by atoms with Crippen LogP contribution in [0.5, 0.6) is 0 Å². The summed E-state index contributed by atoms with van der Waals surface area (Å²) >= 11 is 0. The van der Waals surface area contributed by atoms with Crippen LogP contribution in [0.2, 0.25) is 0 Å². The molecule has 0 amide bonds. The second-order valence-electron chi connectivity index (χ2n) is 4.55. The Kier molecular flexibility index (Phi) is 4.11. The molecule has 1 aromatic rings. The van der Waals surface area contributed by atoms with E-state index in [-0.39, 0.29) is 11.8 Å². The summed E-state index contributed by atoms with van der Waals surface area (Å²) in [6, 6.07) is 5.94. The minimum absolute atomic E-state index is 0.166. The predicted molar refractivity (Wildman–Crippen MR) is 65.7 cm³/mol. The van der Waals surface area contributed by atoms with E-state index in [9.17, 15) is 9.90 Å². The van der Waals surface area contributed by atoms with Gasteiger partial charge < -0.3 is 5.11 Å². The normalized spacial score (nSPS) is 14.5. The average Bonchev–Trinajstić information content (AvgIpc) is 2.22. The lowest BCUT2D eigenvalue weighted by Crippen LogP contribution is -2.19. The SMILES string of the molecule is CCC(C)C(C(=O)O)c1ccc(C)c(C)c1. The third-order valence-corrected chi connectivity index (χ3v) is 3.37. The summed E-state index contributed by atoms with van der Waals surface area (Å²) in [6.45, 7) is 8.09. The summed E-state index contributed by atoms with van der Waals surface area (Å²) in [5.41, 5.74) is 3.29. The zero-order valence-electron chi connectivity index (χ0n) is 10.4. The number of hydrogen-bond donors (Lipinski definition) is 1. The second kappa shape index (κ2) is 5.15. The Bertz CT molecular complexity index is 382. The molecule has 2 heteroatoms. The number of benzene rings is 1. The van der Waals surface area contributed by atoms with E-state index in [1.165, 1.54) is 5.56 Å². The van der Waals surface area contributed by atoms with Gasteiger partial charge in [0.15, 0.2) is 0 Å². The van der Waals surface area contributed by atoms with Crippen molar-refractivity contribution in [1.82, 2.24) is 0 Å². The van der Waals surface area contributed by atoms with Crippen molar-refractivity contribution in [3.05, 3.63) is 34.9 Å². The molecule has 1 N–H and O–H groups in total. The van der Waals surface area contributed by atoms with Crippen LogP contribution in [-0.4, -0.2) is 11.1 Å². The van der Waals surface area contributed by atoms with Crippen LogP contribution in [0.1, 0.15) is 42.9 Å².